The van der Waals surface area contributed by atoms with Crippen LogP contribution in [0.2, 0.25) is 0 Å². The molecule has 0 N–H and O–H groups in total. The number of carbonyl (C=O) groups is 1. The molecule has 3 rings (SSSR count). The summed E-state index contributed by atoms with van der Waals surface area (Å²) in [7, 11) is 0. The molecule has 1 saturated heterocycles. The van der Waals surface area contributed by atoms with E-state index in [1.165, 1.54) is 0 Å². The van der Waals surface area contributed by atoms with Crippen molar-refractivity contribution in [3.05, 3.63) is 23.5 Å². The zero-order valence-electron chi connectivity index (χ0n) is 14.7. The van der Waals surface area contributed by atoms with E-state index in [4.69, 9.17) is 0 Å². The average Bonchev–Trinajstić information content (AvgIpc) is 3.11. The van der Waals surface area contributed by atoms with E-state index in [0.717, 1.165) is 41.7 Å². The molecule has 1 amide bonds. The van der Waals surface area contributed by atoms with Crippen molar-refractivity contribution in [3.63, 3.8) is 0 Å². The van der Waals surface area contributed by atoms with Crippen molar-refractivity contribution in [2.75, 3.05) is 6.54 Å². The van der Waals surface area contributed by atoms with Gasteiger partial charge in [-0.3, -0.25) is 4.79 Å². The molecule has 1 aliphatic rings. The van der Waals surface area contributed by atoms with Crippen LogP contribution in [0.4, 0.5) is 0 Å². The molecular formula is C18H26N4O. The largest absolute Gasteiger partial charge is 0.335 e. The molecule has 1 aliphatic heterocycles. The van der Waals surface area contributed by atoms with Gasteiger partial charge in [-0.1, -0.05) is 13.8 Å². The van der Waals surface area contributed by atoms with E-state index < -0.39 is 0 Å². The smallest absolute Gasteiger partial charge is 0.254 e. The Bertz CT molecular complexity index is 732. The summed E-state index contributed by atoms with van der Waals surface area (Å²) in [6.45, 7) is 11.3. The number of nitrogens with zero attached hydrogens (tertiary/aromatic N) is 4. The van der Waals surface area contributed by atoms with Crippen LogP contribution < -0.4 is 0 Å². The molecule has 0 aliphatic carbocycles. The number of pyridine rings is 1. The predicted molar refractivity (Wildman–Crippen MR) is 91.5 cm³/mol. The highest BCUT2D eigenvalue weighted by Gasteiger charge is 2.32. The summed E-state index contributed by atoms with van der Waals surface area (Å²) in [4.78, 5) is 19.8. The molecule has 1 atom stereocenters. The number of likely N-dealkylation sites (tertiary alicyclic amines) is 1. The van der Waals surface area contributed by atoms with Crippen LogP contribution in [-0.4, -0.2) is 38.2 Å². The van der Waals surface area contributed by atoms with Gasteiger partial charge in [-0.05, 0) is 45.6 Å². The van der Waals surface area contributed by atoms with E-state index in [9.17, 15) is 4.79 Å². The molecule has 2 aromatic heterocycles. The van der Waals surface area contributed by atoms with Gasteiger partial charge < -0.3 is 4.90 Å². The fraction of sp³-hybridized carbons (Fsp3) is 0.611. The topological polar surface area (TPSA) is 51.0 Å². The van der Waals surface area contributed by atoms with Crippen molar-refractivity contribution in [2.45, 2.75) is 59.5 Å². The van der Waals surface area contributed by atoms with E-state index in [1.54, 1.807) is 6.20 Å². The van der Waals surface area contributed by atoms with Gasteiger partial charge in [0.2, 0.25) is 0 Å². The van der Waals surface area contributed by atoms with Crippen molar-refractivity contribution >= 4 is 16.9 Å². The van der Waals surface area contributed by atoms with Crippen molar-refractivity contribution < 1.29 is 4.79 Å². The number of hydrogen-bond donors (Lipinski definition) is 0. The third-order valence-electron chi connectivity index (χ3n) is 4.74. The zero-order valence-corrected chi connectivity index (χ0v) is 14.7. The maximum Gasteiger partial charge on any atom is 0.254 e. The Morgan fingerprint density at radius 3 is 2.70 bits per heavy atom. The minimum Gasteiger partial charge on any atom is -0.335 e. The highest BCUT2D eigenvalue weighted by Crippen LogP contribution is 2.28. The minimum absolute atomic E-state index is 0.125. The molecule has 0 radical (unpaired) electrons. The number of hydrogen-bond acceptors (Lipinski definition) is 3. The van der Waals surface area contributed by atoms with Crippen LogP contribution in [0, 0.1) is 12.8 Å². The van der Waals surface area contributed by atoms with Crippen LogP contribution in [0.5, 0.6) is 0 Å². The maximum atomic E-state index is 13.2. The predicted octanol–water partition coefficient (Wildman–Crippen LogP) is 3.58. The standard InChI is InChI=1S/C18H26N4O/c1-11(2)16-7-6-8-21(16)18(23)14-9-13(5)20-17-15(14)10-19-22(17)12(3)4/h9-12,16H,6-8H2,1-5H3. The van der Waals surface area contributed by atoms with E-state index in [2.05, 4.69) is 37.8 Å². The molecule has 0 bridgehead atoms. The maximum absolute atomic E-state index is 13.2. The molecule has 2 aromatic rings. The van der Waals surface area contributed by atoms with Crippen LogP contribution in [-0.2, 0) is 0 Å². The SMILES string of the molecule is Cc1cc(C(=O)N2CCCC2C(C)C)c2cnn(C(C)C)c2n1. The molecule has 1 unspecified atom stereocenters. The first-order chi connectivity index (χ1) is 10.9. The Morgan fingerprint density at radius 2 is 2.04 bits per heavy atom. The molecular weight excluding hydrogens is 288 g/mol. The van der Waals surface area contributed by atoms with Crippen LogP contribution in [0.15, 0.2) is 12.3 Å². The van der Waals surface area contributed by atoms with E-state index in [1.807, 2.05) is 22.6 Å². The third-order valence-corrected chi connectivity index (χ3v) is 4.74. The van der Waals surface area contributed by atoms with Gasteiger partial charge in [0.25, 0.3) is 5.91 Å². The first kappa shape index (κ1) is 16.0. The van der Waals surface area contributed by atoms with Gasteiger partial charge in [0.1, 0.15) is 0 Å². The summed E-state index contributed by atoms with van der Waals surface area (Å²) in [5, 5.41) is 5.31. The molecule has 3 heterocycles. The highest BCUT2D eigenvalue weighted by molar-refractivity contribution is 6.05. The lowest BCUT2D eigenvalue weighted by atomic mass is 10.0. The Labute approximate surface area is 137 Å². The lowest BCUT2D eigenvalue weighted by Crippen LogP contribution is -2.38. The first-order valence-corrected chi connectivity index (χ1v) is 8.56. The molecule has 1 fully saturated rings. The quantitative estimate of drug-likeness (QED) is 0.870. The van der Waals surface area contributed by atoms with Gasteiger partial charge in [0.15, 0.2) is 5.65 Å². The summed E-state index contributed by atoms with van der Waals surface area (Å²) >= 11 is 0. The lowest BCUT2D eigenvalue weighted by Gasteiger charge is -2.28. The Morgan fingerprint density at radius 1 is 1.30 bits per heavy atom. The van der Waals surface area contributed by atoms with Crippen LogP contribution in [0.3, 0.4) is 0 Å². The van der Waals surface area contributed by atoms with E-state index in [-0.39, 0.29) is 11.9 Å². The van der Waals surface area contributed by atoms with Crippen molar-refractivity contribution in [3.8, 4) is 0 Å². The minimum atomic E-state index is 0.125. The van der Waals surface area contributed by atoms with E-state index in [0.29, 0.717) is 12.0 Å². The van der Waals surface area contributed by atoms with Gasteiger partial charge in [-0.2, -0.15) is 5.10 Å². The molecule has 23 heavy (non-hydrogen) atoms. The molecule has 0 saturated carbocycles. The Kier molecular flexibility index (Phi) is 4.13. The van der Waals surface area contributed by atoms with Gasteiger partial charge >= 0.3 is 0 Å². The summed E-state index contributed by atoms with van der Waals surface area (Å²) in [5.74, 6) is 0.610. The third kappa shape index (κ3) is 2.73. The Hall–Kier alpha value is -1.91. The monoisotopic (exact) mass is 314 g/mol. The summed E-state index contributed by atoms with van der Waals surface area (Å²) in [6, 6.07) is 2.47. The molecule has 5 heteroatoms. The number of rotatable bonds is 3. The van der Waals surface area contributed by atoms with Crippen molar-refractivity contribution in [2.24, 2.45) is 5.92 Å². The normalized spacial score (nSPS) is 18.6. The number of amides is 1. The van der Waals surface area contributed by atoms with Crippen LogP contribution in [0.1, 0.15) is 62.6 Å². The fourth-order valence-electron chi connectivity index (χ4n) is 3.59. The summed E-state index contributed by atoms with van der Waals surface area (Å²) in [5.41, 5.74) is 2.42. The second-order valence-electron chi connectivity index (χ2n) is 7.18. The van der Waals surface area contributed by atoms with Crippen LogP contribution >= 0.6 is 0 Å². The van der Waals surface area contributed by atoms with Gasteiger partial charge in [-0.15, -0.1) is 0 Å². The number of aryl methyl sites for hydroxylation is 1. The number of carbonyl (C=O) groups excluding carboxylic acids is 1. The second-order valence-corrected chi connectivity index (χ2v) is 7.18. The molecule has 0 spiro atoms. The van der Waals surface area contributed by atoms with Gasteiger partial charge in [-0.25, -0.2) is 9.67 Å². The summed E-state index contributed by atoms with van der Waals surface area (Å²) in [6.07, 6.45) is 3.98. The second kappa shape index (κ2) is 5.95. The number of aromatic nitrogens is 3. The average molecular weight is 314 g/mol. The van der Waals surface area contributed by atoms with Gasteiger partial charge in [0.05, 0.1) is 17.1 Å². The zero-order chi connectivity index (χ0) is 16.7. The number of fused-ring (bicyclic) bond motifs is 1. The van der Waals surface area contributed by atoms with Crippen molar-refractivity contribution in [1.29, 1.82) is 0 Å². The van der Waals surface area contributed by atoms with Crippen molar-refractivity contribution in [1.82, 2.24) is 19.7 Å². The molecule has 5 nitrogen and oxygen atoms in total. The lowest BCUT2D eigenvalue weighted by molar-refractivity contribution is 0.0703. The van der Waals surface area contributed by atoms with Crippen LogP contribution in [0.25, 0.3) is 11.0 Å². The molecule has 0 aromatic carbocycles. The highest BCUT2D eigenvalue weighted by atomic mass is 16.2. The molecule has 124 valence electrons. The van der Waals surface area contributed by atoms with Gasteiger partial charge in [0, 0.05) is 24.3 Å². The summed E-state index contributed by atoms with van der Waals surface area (Å²) < 4.78 is 1.89. The fourth-order valence-corrected chi connectivity index (χ4v) is 3.59. The van der Waals surface area contributed by atoms with E-state index >= 15 is 0 Å². The Balaban J connectivity index is 2.07. The first-order valence-electron chi connectivity index (χ1n) is 8.56.